The zero-order valence-corrected chi connectivity index (χ0v) is 13.3. The van der Waals surface area contributed by atoms with E-state index in [1.54, 1.807) is 0 Å². The molecular weight excluding hydrogens is 318 g/mol. The number of hydrogen-bond acceptors (Lipinski definition) is 8. The van der Waals surface area contributed by atoms with Crippen molar-refractivity contribution in [1.82, 2.24) is 0 Å². The molecule has 0 saturated carbocycles. The van der Waals surface area contributed by atoms with Gasteiger partial charge in [-0.2, -0.15) is 0 Å². The number of nitrogens with two attached hydrogens (primary N) is 1. The zero-order valence-electron chi connectivity index (χ0n) is 13.3. The third kappa shape index (κ3) is 4.50. The Balaban J connectivity index is 1.84. The number of methoxy groups -OCH3 is 1. The number of hydrogen-bond donors (Lipinski definition) is 4. The van der Waals surface area contributed by atoms with Gasteiger partial charge in [-0.25, -0.2) is 0 Å². The lowest BCUT2D eigenvalue weighted by Gasteiger charge is -2.39. The summed E-state index contributed by atoms with van der Waals surface area (Å²) in [6.07, 6.45) is -6.40. The van der Waals surface area contributed by atoms with Gasteiger partial charge in [0.1, 0.15) is 31.0 Å². The van der Waals surface area contributed by atoms with E-state index in [4.69, 9.17) is 19.9 Å². The fraction of sp³-hybridized carbons (Fsp3) is 0.562. The van der Waals surface area contributed by atoms with Crippen LogP contribution in [0.2, 0.25) is 0 Å². The van der Waals surface area contributed by atoms with E-state index in [2.05, 4.69) is 0 Å². The van der Waals surface area contributed by atoms with Gasteiger partial charge in [0, 0.05) is 13.2 Å². The Hall–Kier alpha value is -1.55. The van der Waals surface area contributed by atoms with Gasteiger partial charge in [-0.1, -0.05) is 30.3 Å². The molecule has 8 nitrogen and oxygen atoms in total. The van der Waals surface area contributed by atoms with Crippen LogP contribution in [0.5, 0.6) is 0 Å². The van der Waals surface area contributed by atoms with Gasteiger partial charge < -0.3 is 35.3 Å². The van der Waals surface area contributed by atoms with E-state index in [-0.39, 0.29) is 13.0 Å². The monoisotopic (exact) mass is 341 g/mol. The van der Waals surface area contributed by atoms with Crippen molar-refractivity contribution < 1.29 is 34.3 Å². The Morgan fingerprint density at radius 3 is 2.50 bits per heavy atom. The van der Waals surface area contributed by atoms with E-state index in [0.717, 1.165) is 5.56 Å². The van der Waals surface area contributed by atoms with Crippen LogP contribution in [-0.2, 0) is 19.0 Å². The van der Waals surface area contributed by atoms with Crippen molar-refractivity contribution in [2.75, 3.05) is 13.7 Å². The van der Waals surface area contributed by atoms with Crippen molar-refractivity contribution in [3.05, 3.63) is 35.9 Å². The highest BCUT2D eigenvalue weighted by atomic mass is 16.7. The van der Waals surface area contributed by atoms with Crippen molar-refractivity contribution in [2.24, 2.45) is 5.73 Å². The van der Waals surface area contributed by atoms with Crippen LogP contribution in [0.15, 0.2) is 30.3 Å². The van der Waals surface area contributed by atoms with Crippen LogP contribution in [0.25, 0.3) is 0 Å². The quantitative estimate of drug-likeness (QED) is 0.488. The number of aliphatic hydroxyl groups excluding tert-OH is 3. The number of esters is 1. The van der Waals surface area contributed by atoms with Crippen LogP contribution in [0.4, 0.5) is 0 Å². The summed E-state index contributed by atoms with van der Waals surface area (Å²) in [4.78, 5) is 11.9. The Bertz CT molecular complexity index is 524. The van der Waals surface area contributed by atoms with E-state index >= 15 is 0 Å². The minimum Gasteiger partial charge on any atom is -0.463 e. The third-order valence-corrected chi connectivity index (χ3v) is 3.92. The summed E-state index contributed by atoms with van der Waals surface area (Å²) in [5.41, 5.74) is 6.75. The predicted molar refractivity (Wildman–Crippen MR) is 82.6 cm³/mol. The molecule has 1 aromatic carbocycles. The number of aliphatic hydroxyl groups is 3. The van der Waals surface area contributed by atoms with Gasteiger partial charge in [-0.05, 0) is 5.56 Å². The first-order chi connectivity index (χ1) is 11.4. The molecular formula is C16H23NO7. The van der Waals surface area contributed by atoms with Crippen molar-refractivity contribution in [2.45, 2.75) is 43.2 Å². The molecule has 1 heterocycles. The molecule has 1 aromatic rings. The maximum Gasteiger partial charge on any atom is 0.307 e. The summed E-state index contributed by atoms with van der Waals surface area (Å²) in [5.74, 6) is -0.559. The van der Waals surface area contributed by atoms with Crippen LogP contribution >= 0.6 is 0 Å². The molecule has 0 unspecified atom stereocenters. The number of rotatable bonds is 6. The molecule has 1 aliphatic rings. The number of carbonyl (C=O) groups excluding carboxylic acids is 1. The van der Waals surface area contributed by atoms with Crippen LogP contribution in [0, 0.1) is 0 Å². The minimum atomic E-state index is -1.46. The minimum absolute atomic E-state index is 0.0360. The second-order valence-electron chi connectivity index (χ2n) is 5.65. The fourth-order valence-electron chi connectivity index (χ4n) is 2.48. The second-order valence-corrected chi connectivity index (χ2v) is 5.65. The highest BCUT2D eigenvalue weighted by molar-refractivity contribution is 5.70. The van der Waals surface area contributed by atoms with Crippen LogP contribution in [0.3, 0.4) is 0 Å². The van der Waals surface area contributed by atoms with Crippen molar-refractivity contribution >= 4 is 5.97 Å². The van der Waals surface area contributed by atoms with Gasteiger partial charge in [-0.3, -0.25) is 4.79 Å². The van der Waals surface area contributed by atoms with Crippen LogP contribution in [0.1, 0.15) is 18.0 Å². The lowest BCUT2D eigenvalue weighted by Crippen LogP contribution is -2.59. The molecule has 0 aromatic heterocycles. The molecule has 0 radical (unpaired) electrons. The molecule has 1 saturated heterocycles. The van der Waals surface area contributed by atoms with Crippen molar-refractivity contribution in [3.63, 3.8) is 0 Å². The fourth-order valence-corrected chi connectivity index (χ4v) is 2.48. The molecule has 24 heavy (non-hydrogen) atoms. The Labute approximate surface area is 139 Å². The molecule has 1 fully saturated rings. The second kappa shape index (κ2) is 8.52. The van der Waals surface area contributed by atoms with Crippen molar-refractivity contribution in [1.29, 1.82) is 0 Å². The average molecular weight is 341 g/mol. The number of ether oxygens (including phenoxy) is 3. The molecule has 0 aliphatic carbocycles. The molecule has 1 aliphatic heterocycles. The molecule has 6 atom stereocenters. The first kappa shape index (κ1) is 18.8. The number of carbonyl (C=O) groups is 1. The largest absolute Gasteiger partial charge is 0.463 e. The van der Waals surface area contributed by atoms with Gasteiger partial charge in [0.25, 0.3) is 0 Å². The highest BCUT2D eigenvalue weighted by Crippen LogP contribution is 2.22. The van der Waals surface area contributed by atoms with E-state index in [1.165, 1.54) is 7.11 Å². The van der Waals surface area contributed by atoms with Crippen molar-refractivity contribution in [3.8, 4) is 0 Å². The smallest absolute Gasteiger partial charge is 0.307 e. The van der Waals surface area contributed by atoms with Gasteiger partial charge in [0.05, 0.1) is 6.42 Å². The van der Waals surface area contributed by atoms with E-state index in [9.17, 15) is 20.1 Å². The van der Waals surface area contributed by atoms with Gasteiger partial charge in [0.2, 0.25) is 0 Å². The van der Waals surface area contributed by atoms with Gasteiger partial charge in [0.15, 0.2) is 6.29 Å². The summed E-state index contributed by atoms with van der Waals surface area (Å²) < 4.78 is 15.2. The van der Waals surface area contributed by atoms with E-state index in [1.807, 2.05) is 30.3 Å². The first-order valence-electron chi connectivity index (χ1n) is 7.62. The Morgan fingerprint density at radius 1 is 1.21 bits per heavy atom. The average Bonchev–Trinajstić information content (AvgIpc) is 2.60. The molecule has 8 heteroatoms. The summed E-state index contributed by atoms with van der Waals surface area (Å²) in [6, 6.07) is 8.62. The van der Waals surface area contributed by atoms with Gasteiger partial charge in [-0.15, -0.1) is 0 Å². The lowest BCUT2D eigenvalue weighted by molar-refractivity contribution is -0.295. The standard InChI is InChI=1S/C16H23NO7/c1-22-16-15(21)14(20)13(19)11(24-16)8-23-12(18)7-10(17)9-5-3-2-4-6-9/h2-6,10-11,13-16,19-21H,7-8,17H2,1H3/t10-,11+,13-,14-,15+,16-/m0/s1. The topological polar surface area (TPSA) is 131 Å². The summed E-state index contributed by atoms with van der Waals surface area (Å²) in [7, 11) is 1.29. The first-order valence-corrected chi connectivity index (χ1v) is 7.62. The van der Waals surface area contributed by atoms with Crippen LogP contribution in [-0.4, -0.2) is 65.7 Å². The summed E-state index contributed by atoms with van der Waals surface area (Å²) in [6.45, 7) is -0.287. The van der Waals surface area contributed by atoms with Gasteiger partial charge >= 0.3 is 5.97 Å². The SMILES string of the molecule is CO[C@H]1O[C@H](COC(=O)C[C@H](N)c2ccccc2)[C@H](O)[C@H](O)[C@H]1O. The maximum atomic E-state index is 11.9. The molecule has 2 rings (SSSR count). The van der Waals surface area contributed by atoms with Crippen LogP contribution < -0.4 is 5.73 Å². The Kier molecular flexibility index (Phi) is 6.67. The third-order valence-electron chi connectivity index (χ3n) is 3.92. The summed E-state index contributed by atoms with van der Waals surface area (Å²) >= 11 is 0. The predicted octanol–water partition coefficient (Wildman–Crippen LogP) is -0.926. The maximum absolute atomic E-state index is 11.9. The summed E-state index contributed by atoms with van der Waals surface area (Å²) in [5, 5.41) is 29.3. The molecule has 0 spiro atoms. The Morgan fingerprint density at radius 2 is 1.88 bits per heavy atom. The normalized spacial score (nSPS) is 31.5. The molecule has 0 amide bonds. The van der Waals surface area contributed by atoms with E-state index in [0.29, 0.717) is 0 Å². The molecule has 134 valence electrons. The number of benzene rings is 1. The van der Waals surface area contributed by atoms with E-state index < -0.39 is 42.7 Å². The lowest BCUT2D eigenvalue weighted by atomic mass is 9.99. The molecule has 0 bridgehead atoms. The molecule has 5 N–H and O–H groups in total. The highest BCUT2D eigenvalue weighted by Gasteiger charge is 2.44. The zero-order chi connectivity index (χ0) is 17.7.